The van der Waals surface area contributed by atoms with Gasteiger partial charge in [-0.15, -0.1) is 0 Å². The highest BCUT2D eigenvalue weighted by Crippen LogP contribution is 2.27. The predicted molar refractivity (Wildman–Crippen MR) is 87.6 cm³/mol. The molecule has 2 atom stereocenters. The number of rotatable bonds is 3. The van der Waals surface area contributed by atoms with Gasteiger partial charge in [-0.1, -0.05) is 31.9 Å². The molecule has 0 aromatic heterocycles. The minimum Gasteiger partial charge on any atom is -0.368 e. The molecule has 2 nitrogen and oxygen atoms in total. The van der Waals surface area contributed by atoms with Crippen LogP contribution in [-0.2, 0) is 0 Å². The van der Waals surface area contributed by atoms with Crippen molar-refractivity contribution in [3.8, 4) is 0 Å². The number of hydrogen-bond donors (Lipinski definition) is 1. The lowest BCUT2D eigenvalue weighted by atomic mass is 9.97. The van der Waals surface area contributed by atoms with Gasteiger partial charge < -0.3 is 10.2 Å². The molecule has 1 aromatic rings. The van der Waals surface area contributed by atoms with E-state index in [9.17, 15) is 0 Å². The summed E-state index contributed by atoms with van der Waals surface area (Å²) in [7, 11) is 0. The van der Waals surface area contributed by atoms with E-state index >= 15 is 0 Å². The fourth-order valence-corrected chi connectivity index (χ4v) is 3.61. The third kappa shape index (κ3) is 3.31. The molecule has 0 saturated carbocycles. The van der Waals surface area contributed by atoms with Crippen LogP contribution < -0.4 is 10.2 Å². The van der Waals surface area contributed by atoms with Crippen molar-refractivity contribution >= 4 is 39.9 Å². The van der Waals surface area contributed by atoms with E-state index in [0.717, 1.165) is 30.6 Å². The van der Waals surface area contributed by atoms with Gasteiger partial charge in [-0.25, -0.2) is 0 Å². The second-order valence-electron chi connectivity index (χ2n) is 4.99. The molecule has 0 amide bonds. The van der Waals surface area contributed by atoms with Crippen LogP contribution in [0.2, 0.25) is 5.02 Å². The van der Waals surface area contributed by atoms with Crippen molar-refractivity contribution in [2.45, 2.75) is 26.3 Å². The molecule has 1 heterocycles. The van der Waals surface area contributed by atoms with Crippen molar-refractivity contribution in [3.05, 3.63) is 26.8 Å². The summed E-state index contributed by atoms with van der Waals surface area (Å²) in [4.78, 5) is 2.48. The highest BCUT2D eigenvalue weighted by atomic mass is 127. The second kappa shape index (κ2) is 6.44. The van der Waals surface area contributed by atoms with Gasteiger partial charge in [-0.05, 0) is 46.7 Å². The summed E-state index contributed by atoms with van der Waals surface area (Å²) in [5.74, 6) is 0.720. The summed E-state index contributed by atoms with van der Waals surface area (Å²) in [5.41, 5.74) is 1.31. The van der Waals surface area contributed by atoms with Crippen LogP contribution in [0.4, 0.5) is 5.69 Å². The molecule has 0 radical (unpaired) electrons. The lowest BCUT2D eigenvalue weighted by Crippen LogP contribution is -2.53. The standard InChI is InChI=1S/C14H20ClIN2/c1-3-10(2)13-9-18(7-6-17-13)14-5-4-11(15)8-12(14)16/h4-5,8,10,13,17H,3,6-7,9H2,1-2H3. The molecule has 1 N–H and O–H groups in total. The van der Waals surface area contributed by atoms with Crippen LogP contribution >= 0.6 is 34.2 Å². The van der Waals surface area contributed by atoms with Crippen molar-refractivity contribution < 1.29 is 0 Å². The summed E-state index contributed by atoms with van der Waals surface area (Å²) < 4.78 is 1.24. The molecule has 4 heteroatoms. The molecule has 2 unspecified atom stereocenters. The van der Waals surface area contributed by atoms with Crippen molar-refractivity contribution in [1.29, 1.82) is 0 Å². The largest absolute Gasteiger partial charge is 0.368 e. The van der Waals surface area contributed by atoms with Crippen LogP contribution in [0.3, 0.4) is 0 Å². The molecule has 1 aliphatic heterocycles. The third-order valence-corrected chi connectivity index (χ3v) is 4.89. The molecule has 1 fully saturated rings. The average molecular weight is 379 g/mol. The number of hydrogen-bond acceptors (Lipinski definition) is 2. The monoisotopic (exact) mass is 378 g/mol. The first-order valence-electron chi connectivity index (χ1n) is 6.55. The molecule has 18 heavy (non-hydrogen) atoms. The van der Waals surface area contributed by atoms with Crippen molar-refractivity contribution in [3.63, 3.8) is 0 Å². The van der Waals surface area contributed by atoms with Crippen LogP contribution in [0.15, 0.2) is 18.2 Å². The van der Waals surface area contributed by atoms with Gasteiger partial charge >= 0.3 is 0 Å². The summed E-state index contributed by atoms with van der Waals surface area (Å²) in [5, 5.41) is 4.45. The van der Waals surface area contributed by atoms with E-state index in [2.05, 4.69) is 52.7 Å². The maximum Gasteiger partial charge on any atom is 0.0503 e. The Bertz CT molecular complexity index is 411. The highest BCUT2D eigenvalue weighted by molar-refractivity contribution is 14.1. The second-order valence-corrected chi connectivity index (χ2v) is 6.59. The Labute approximate surface area is 128 Å². The predicted octanol–water partition coefficient (Wildman–Crippen LogP) is 3.77. The van der Waals surface area contributed by atoms with Gasteiger partial charge in [0.25, 0.3) is 0 Å². The van der Waals surface area contributed by atoms with Crippen molar-refractivity contribution in [1.82, 2.24) is 5.32 Å². The molecule has 100 valence electrons. The first-order valence-corrected chi connectivity index (χ1v) is 8.01. The summed E-state index contributed by atoms with van der Waals surface area (Å²) in [6, 6.07) is 6.76. The minimum absolute atomic E-state index is 0.593. The summed E-state index contributed by atoms with van der Waals surface area (Å²) in [6.07, 6.45) is 1.23. The van der Waals surface area contributed by atoms with Crippen molar-refractivity contribution in [2.75, 3.05) is 24.5 Å². The molecule has 0 aliphatic carbocycles. The fraction of sp³-hybridized carbons (Fsp3) is 0.571. The lowest BCUT2D eigenvalue weighted by Gasteiger charge is -2.38. The summed E-state index contributed by atoms with van der Waals surface area (Å²) >= 11 is 8.40. The van der Waals surface area contributed by atoms with Gasteiger partial charge in [-0.3, -0.25) is 0 Å². The first kappa shape index (κ1) is 14.4. The molecule has 1 aromatic carbocycles. The Kier molecular flexibility index (Phi) is 5.15. The number of anilines is 1. The number of nitrogens with one attached hydrogen (secondary N) is 1. The van der Waals surface area contributed by atoms with E-state index in [1.807, 2.05) is 12.1 Å². The number of nitrogens with zero attached hydrogens (tertiary/aromatic N) is 1. The number of benzene rings is 1. The Morgan fingerprint density at radius 2 is 2.33 bits per heavy atom. The van der Waals surface area contributed by atoms with Gasteiger partial charge in [0.15, 0.2) is 0 Å². The zero-order valence-electron chi connectivity index (χ0n) is 10.9. The van der Waals surface area contributed by atoms with Crippen LogP contribution in [0, 0.1) is 9.49 Å². The quantitative estimate of drug-likeness (QED) is 0.806. The Hall–Kier alpha value is -0.0000000000000000763. The first-order chi connectivity index (χ1) is 8.61. The maximum absolute atomic E-state index is 6.02. The molecule has 2 rings (SSSR count). The normalized spacial score (nSPS) is 22.0. The van der Waals surface area contributed by atoms with Crippen LogP contribution in [-0.4, -0.2) is 25.7 Å². The van der Waals surface area contributed by atoms with E-state index < -0.39 is 0 Å². The molecular weight excluding hydrogens is 359 g/mol. The van der Waals surface area contributed by atoms with Gasteiger partial charge in [0.2, 0.25) is 0 Å². The van der Waals surface area contributed by atoms with E-state index in [1.165, 1.54) is 15.7 Å². The maximum atomic E-state index is 6.02. The van der Waals surface area contributed by atoms with Gasteiger partial charge in [0.1, 0.15) is 0 Å². The van der Waals surface area contributed by atoms with E-state index in [-0.39, 0.29) is 0 Å². The van der Waals surface area contributed by atoms with Gasteiger partial charge in [-0.2, -0.15) is 0 Å². The minimum atomic E-state index is 0.593. The number of piperazine rings is 1. The van der Waals surface area contributed by atoms with Gasteiger partial charge in [0.05, 0.1) is 5.69 Å². The Balaban J connectivity index is 2.13. The molecular formula is C14H20ClIN2. The van der Waals surface area contributed by atoms with E-state index in [1.54, 1.807) is 0 Å². The topological polar surface area (TPSA) is 15.3 Å². The third-order valence-electron chi connectivity index (χ3n) is 3.79. The van der Waals surface area contributed by atoms with E-state index in [0.29, 0.717) is 6.04 Å². The number of halogens is 2. The molecule has 0 bridgehead atoms. The average Bonchev–Trinajstić information content (AvgIpc) is 2.38. The lowest BCUT2D eigenvalue weighted by molar-refractivity contribution is 0.341. The summed E-state index contributed by atoms with van der Waals surface area (Å²) in [6.45, 7) is 7.82. The zero-order valence-corrected chi connectivity index (χ0v) is 13.8. The molecule has 1 saturated heterocycles. The van der Waals surface area contributed by atoms with Crippen LogP contribution in [0.5, 0.6) is 0 Å². The fourth-order valence-electron chi connectivity index (χ4n) is 2.40. The SMILES string of the molecule is CCC(C)C1CN(c2ccc(Cl)cc2I)CCN1. The zero-order chi connectivity index (χ0) is 13.1. The molecule has 1 aliphatic rings. The Morgan fingerprint density at radius 3 is 3.00 bits per heavy atom. The van der Waals surface area contributed by atoms with Crippen LogP contribution in [0.1, 0.15) is 20.3 Å². The van der Waals surface area contributed by atoms with Crippen molar-refractivity contribution in [2.24, 2.45) is 5.92 Å². The van der Waals surface area contributed by atoms with Gasteiger partial charge in [0, 0.05) is 34.3 Å². The van der Waals surface area contributed by atoms with E-state index in [4.69, 9.17) is 11.6 Å². The Morgan fingerprint density at radius 1 is 1.56 bits per heavy atom. The molecule has 0 spiro atoms. The highest BCUT2D eigenvalue weighted by Gasteiger charge is 2.24. The smallest absolute Gasteiger partial charge is 0.0503 e. The van der Waals surface area contributed by atoms with Crippen LogP contribution in [0.25, 0.3) is 0 Å².